The van der Waals surface area contributed by atoms with Gasteiger partial charge in [-0.25, -0.2) is 0 Å². The van der Waals surface area contributed by atoms with E-state index in [9.17, 15) is 18.0 Å². The van der Waals surface area contributed by atoms with Crippen molar-refractivity contribution in [1.82, 2.24) is 4.98 Å². The minimum Gasteiger partial charge on any atom is -0.301 e. The number of benzene rings is 1. The Morgan fingerprint density at radius 1 is 0.900 bits per heavy atom. The zero-order valence-electron chi connectivity index (χ0n) is 10.1. The van der Waals surface area contributed by atoms with E-state index in [2.05, 4.69) is 20.9 Å². The Balaban J connectivity index is 2.45. The number of halogens is 4. The smallest absolute Gasteiger partial charge is 0.301 e. The van der Waals surface area contributed by atoms with Gasteiger partial charge in [-0.15, -0.1) is 0 Å². The molecule has 0 N–H and O–H groups in total. The van der Waals surface area contributed by atoms with Crippen LogP contribution in [0, 0.1) is 0 Å². The van der Waals surface area contributed by atoms with Gasteiger partial charge in [0.15, 0.2) is 0 Å². The second-order valence-electron chi connectivity index (χ2n) is 4.14. The summed E-state index contributed by atoms with van der Waals surface area (Å²) in [7, 11) is 0. The van der Waals surface area contributed by atoms with Gasteiger partial charge >= 0.3 is 6.18 Å². The summed E-state index contributed by atoms with van der Waals surface area (Å²) in [5, 5.41) is 0. The van der Waals surface area contributed by atoms with Crippen molar-refractivity contribution in [1.29, 1.82) is 0 Å². The number of carbonyl (C=O) groups excluding carboxylic acids is 1. The standard InChI is InChI=1S/C14H9BrF3NO/c15-13(9-20,11-5-7-19-8-6-11)10-1-3-12(4-2-10)14(16,17)18/h1-9H. The first kappa shape index (κ1) is 14.7. The molecule has 0 aliphatic heterocycles. The second kappa shape index (κ2) is 5.36. The lowest BCUT2D eigenvalue weighted by atomic mass is 9.92. The summed E-state index contributed by atoms with van der Waals surface area (Å²) in [4.78, 5) is 15.3. The van der Waals surface area contributed by atoms with Gasteiger partial charge in [0.2, 0.25) is 0 Å². The van der Waals surface area contributed by atoms with E-state index in [0.29, 0.717) is 17.4 Å². The molecule has 1 unspecified atom stereocenters. The third-order valence-electron chi connectivity index (χ3n) is 2.90. The molecule has 2 nitrogen and oxygen atoms in total. The molecule has 0 spiro atoms. The first-order valence-corrected chi connectivity index (χ1v) is 6.41. The lowest BCUT2D eigenvalue weighted by Crippen LogP contribution is -2.22. The van der Waals surface area contributed by atoms with Crippen molar-refractivity contribution in [3.63, 3.8) is 0 Å². The number of aromatic nitrogens is 1. The molecule has 0 radical (unpaired) electrons. The highest BCUT2D eigenvalue weighted by Gasteiger charge is 2.34. The maximum absolute atomic E-state index is 12.5. The molecule has 1 atom stereocenters. The molecule has 104 valence electrons. The third kappa shape index (κ3) is 2.75. The molecule has 0 fully saturated rings. The first-order chi connectivity index (χ1) is 9.38. The van der Waals surface area contributed by atoms with Crippen LogP contribution in [0.3, 0.4) is 0 Å². The number of aldehydes is 1. The Hall–Kier alpha value is -1.69. The molecule has 1 aromatic heterocycles. The number of hydrogen-bond acceptors (Lipinski definition) is 2. The van der Waals surface area contributed by atoms with Crippen molar-refractivity contribution in [2.45, 2.75) is 10.5 Å². The second-order valence-corrected chi connectivity index (χ2v) is 5.39. The van der Waals surface area contributed by atoms with Gasteiger partial charge in [-0.1, -0.05) is 28.1 Å². The topological polar surface area (TPSA) is 30.0 Å². The normalized spacial score (nSPS) is 14.6. The maximum atomic E-state index is 12.5. The highest BCUT2D eigenvalue weighted by molar-refractivity contribution is 9.10. The molecule has 0 amide bonds. The lowest BCUT2D eigenvalue weighted by molar-refractivity contribution is -0.137. The van der Waals surface area contributed by atoms with Crippen LogP contribution in [0.4, 0.5) is 13.2 Å². The SMILES string of the molecule is O=CC(Br)(c1ccncc1)c1ccc(C(F)(F)F)cc1. The van der Waals surface area contributed by atoms with Gasteiger partial charge in [0.1, 0.15) is 10.6 Å². The summed E-state index contributed by atoms with van der Waals surface area (Å²) < 4.78 is 36.4. The van der Waals surface area contributed by atoms with E-state index in [1.807, 2.05) is 0 Å². The molecule has 0 aliphatic rings. The number of hydrogen-bond donors (Lipinski definition) is 0. The van der Waals surface area contributed by atoms with Crippen LogP contribution < -0.4 is 0 Å². The van der Waals surface area contributed by atoms with E-state index in [4.69, 9.17) is 0 Å². The zero-order chi connectivity index (χ0) is 14.8. The molecule has 2 rings (SSSR count). The van der Waals surface area contributed by atoms with Crippen molar-refractivity contribution in [3.8, 4) is 0 Å². The Morgan fingerprint density at radius 2 is 1.35 bits per heavy atom. The van der Waals surface area contributed by atoms with Gasteiger partial charge in [0.05, 0.1) is 5.56 Å². The Labute approximate surface area is 121 Å². The maximum Gasteiger partial charge on any atom is 0.416 e. The largest absolute Gasteiger partial charge is 0.416 e. The van der Waals surface area contributed by atoms with Gasteiger partial charge < -0.3 is 4.79 Å². The van der Waals surface area contributed by atoms with Crippen LogP contribution in [0.15, 0.2) is 48.8 Å². The van der Waals surface area contributed by atoms with E-state index in [0.717, 1.165) is 12.1 Å². The molecule has 2 aromatic rings. The van der Waals surface area contributed by atoms with Crippen molar-refractivity contribution < 1.29 is 18.0 Å². The monoisotopic (exact) mass is 343 g/mol. The summed E-state index contributed by atoms with van der Waals surface area (Å²) in [6, 6.07) is 7.73. The van der Waals surface area contributed by atoms with Crippen molar-refractivity contribution in [3.05, 3.63) is 65.5 Å². The quantitative estimate of drug-likeness (QED) is 0.624. The van der Waals surface area contributed by atoms with E-state index < -0.39 is 16.1 Å². The van der Waals surface area contributed by atoms with Gasteiger partial charge in [0.25, 0.3) is 0 Å². The lowest BCUT2D eigenvalue weighted by Gasteiger charge is -2.22. The van der Waals surface area contributed by atoms with Crippen LogP contribution >= 0.6 is 15.9 Å². The van der Waals surface area contributed by atoms with E-state index in [1.165, 1.54) is 24.5 Å². The van der Waals surface area contributed by atoms with E-state index >= 15 is 0 Å². The Kier molecular flexibility index (Phi) is 3.94. The average molecular weight is 344 g/mol. The molecule has 1 aromatic carbocycles. The fourth-order valence-electron chi connectivity index (χ4n) is 1.80. The number of alkyl halides is 4. The predicted molar refractivity (Wildman–Crippen MR) is 71.5 cm³/mol. The van der Waals surface area contributed by atoms with Gasteiger partial charge in [-0.2, -0.15) is 13.2 Å². The van der Waals surface area contributed by atoms with E-state index in [-0.39, 0.29) is 0 Å². The molecule has 1 heterocycles. The number of pyridine rings is 1. The number of nitrogens with zero attached hydrogens (tertiary/aromatic N) is 1. The van der Waals surface area contributed by atoms with Crippen molar-refractivity contribution in [2.75, 3.05) is 0 Å². The Bertz CT molecular complexity index is 598. The van der Waals surface area contributed by atoms with Crippen LogP contribution in [-0.2, 0) is 15.3 Å². The average Bonchev–Trinajstić information content (AvgIpc) is 2.46. The summed E-state index contributed by atoms with van der Waals surface area (Å²) in [5.74, 6) is 0. The summed E-state index contributed by atoms with van der Waals surface area (Å²) >= 11 is 3.30. The molecule has 0 saturated carbocycles. The summed E-state index contributed by atoms with van der Waals surface area (Å²) in [6.45, 7) is 0. The fraction of sp³-hybridized carbons (Fsp3) is 0.143. The van der Waals surface area contributed by atoms with Crippen LogP contribution in [0.2, 0.25) is 0 Å². The fourth-order valence-corrected chi connectivity index (χ4v) is 2.33. The molecular weight excluding hydrogens is 335 g/mol. The van der Waals surface area contributed by atoms with Gasteiger partial charge in [-0.3, -0.25) is 4.98 Å². The van der Waals surface area contributed by atoms with Gasteiger partial charge in [0, 0.05) is 12.4 Å². The molecule has 0 bridgehead atoms. The molecule has 0 aliphatic carbocycles. The van der Waals surface area contributed by atoms with Crippen LogP contribution in [0.25, 0.3) is 0 Å². The molecule has 6 heteroatoms. The van der Waals surface area contributed by atoms with E-state index in [1.54, 1.807) is 12.1 Å². The summed E-state index contributed by atoms with van der Waals surface area (Å²) in [5.41, 5.74) is 0.269. The summed E-state index contributed by atoms with van der Waals surface area (Å²) in [6.07, 6.45) is -0.728. The van der Waals surface area contributed by atoms with Crippen molar-refractivity contribution in [2.24, 2.45) is 0 Å². The van der Waals surface area contributed by atoms with Crippen LogP contribution in [-0.4, -0.2) is 11.3 Å². The molecular formula is C14H9BrF3NO. The number of rotatable bonds is 3. The molecule has 20 heavy (non-hydrogen) atoms. The zero-order valence-corrected chi connectivity index (χ0v) is 11.6. The highest BCUT2D eigenvalue weighted by atomic mass is 79.9. The third-order valence-corrected chi connectivity index (χ3v) is 4.00. The van der Waals surface area contributed by atoms with Gasteiger partial charge in [-0.05, 0) is 35.4 Å². The van der Waals surface area contributed by atoms with Crippen LogP contribution in [0.5, 0.6) is 0 Å². The minimum absolute atomic E-state index is 0.423. The Morgan fingerprint density at radius 3 is 1.80 bits per heavy atom. The number of carbonyl (C=O) groups is 1. The predicted octanol–water partition coefficient (Wildman–Crippen LogP) is 3.94. The molecule has 0 saturated heterocycles. The first-order valence-electron chi connectivity index (χ1n) is 5.61. The minimum atomic E-state index is -4.40. The van der Waals surface area contributed by atoms with Crippen LogP contribution in [0.1, 0.15) is 16.7 Å². The van der Waals surface area contributed by atoms with Crippen molar-refractivity contribution >= 4 is 22.2 Å². The highest BCUT2D eigenvalue weighted by Crippen LogP contribution is 2.38.